The smallest absolute Gasteiger partial charge is 0.341 e. The summed E-state index contributed by atoms with van der Waals surface area (Å²) in [6.45, 7) is 1.50. The average Bonchev–Trinajstić information content (AvgIpc) is 3.23. The molecule has 2 aliphatic rings. The van der Waals surface area contributed by atoms with Crippen LogP contribution in [0.1, 0.15) is 47.8 Å². The molecule has 184 valence electrons. The highest BCUT2D eigenvalue weighted by molar-refractivity contribution is 7.99. The highest BCUT2D eigenvalue weighted by atomic mass is 35.5. The van der Waals surface area contributed by atoms with Crippen LogP contribution in [0.4, 0.5) is 5.00 Å². The Kier molecular flexibility index (Phi) is 7.43. The maximum absolute atomic E-state index is 12.9. The van der Waals surface area contributed by atoms with Crippen molar-refractivity contribution in [1.82, 2.24) is 14.8 Å². The summed E-state index contributed by atoms with van der Waals surface area (Å²) in [7, 11) is 1.32. The third kappa shape index (κ3) is 5.55. The molecule has 0 bridgehead atoms. The molecular weight excluding hydrogens is 508 g/mol. The van der Waals surface area contributed by atoms with Crippen molar-refractivity contribution in [3.05, 3.63) is 46.1 Å². The van der Waals surface area contributed by atoms with E-state index in [4.69, 9.17) is 21.1 Å². The molecule has 35 heavy (non-hydrogen) atoms. The number of ether oxygens (including phenoxy) is 2. The van der Waals surface area contributed by atoms with Gasteiger partial charge in [-0.1, -0.05) is 35.5 Å². The number of rotatable bonds is 9. The molecule has 1 amide bonds. The summed E-state index contributed by atoms with van der Waals surface area (Å²) in [6, 6.07) is 7.17. The van der Waals surface area contributed by atoms with Gasteiger partial charge in [0, 0.05) is 28.5 Å². The van der Waals surface area contributed by atoms with E-state index in [-0.39, 0.29) is 17.8 Å². The number of hydrogen-bond acceptors (Lipinski definition) is 8. The van der Waals surface area contributed by atoms with Gasteiger partial charge in [-0.3, -0.25) is 4.79 Å². The molecule has 3 heterocycles. The van der Waals surface area contributed by atoms with Gasteiger partial charge in [-0.05, 0) is 43.4 Å². The molecule has 1 aromatic carbocycles. The second kappa shape index (κ2) is 10.7. The normalized spacial score (nSPS) is 17.5. The molecule has 1 aliphatic heterocycles. The number of nitrogens with zero attached hydrogens (tertiary/aromatic N) is 3. The summed E-state index contributed by atoms with van der Waals surface area (Å²) in [6.07, 6.45) is 4.51. The van der Waals surface area contributed by atoms with Gasteiger partial charge in [0.1, 0.15) is 16.4 Å². The standard InChI is InChI=1S/C24H25ClN4O4S2/c1-32-23(31)20-18(14-6-8-16(25)9-7-14)12-34-22(20)26-19(30)13-35-24-28-27-21(15-4-5-15)29(24)11-17-3-2-10-33-17/h6-9,12,15,17H,2-5,10-11,13H2,1H3,(H,26,30). The van der Waals surface area contributed by atoms with E-state index in [1.54, 1.807) is 12.1 Å². The zero-order chi connectivity index (χ0) is 24.4. The molecule has 1 saturated carbocycles. The number of methoxy groups -OCH3 is 1. The first kappa shape index (κ1) is 24.3. The molecule has 1 saturated heterocycles. The zero-order valence-corrected chi connectivity index (χ0v) is 21.5. The summed E-state index contributed by atoms with van der Waals surface area (Å²) >= 11 is 8.63. The number of amides is 1. The predicted molar refractivity (Wildman–Crippen MR) is 136 cm³/mol. The SMILES string of the molecule is COC(=O)c1c(-c2ccc(Cl)cc2)csc1NC(=O)CSc1nnc(C2CC2)n1CC1CCCO1. The second-order valence-electron chi connectivity index (χ2n) is 8.55. The highest BCUT2D eigenvalue weighted by Crippen LogP contribution is 2.40. The summed E-state index contributed by atoms with van der Waals surface area (Å²) in [5, 5.41) is 15.3. The van der Waals surface area contributed by atoms with E-state index in [1.165, 1.54) is 30.2 Å². The van der Waals surface area contributed by atoms with Gasteiger partial charge in [-0.25, -0.2) is 4.79 Å². The summed E-state index contributed by atoms with van der Waals surface area (Å²) in [5.74, 6) is 0.839. The lowest BCUT2D eigenvalue weighted by molar-refractivity contribution is -0.113. The first-order valence-electron chi connectivity index (χ1n) is 11.5. The summed E-state index contributed by atoms with van der Waals surface area (Å²) < 4.78 is 12.9. The molecular formula is C24H25ClN4O4S2. The van der Waals surface area contributed by atoms with Gasteiger partial charge in [0.15, 0.2) is 5.16 Å². The van der Waals surface area contributed by atoms with Crippen molar-refractivity contribution in [1.29, 1.82) is 0 Å². The van der Waals surface area contributed by atoms with Gasteiger partial charge in [0.25, 0.3) is 0 Å². The molecule has 0 radical (unpaired) electrons. The third-order valence-corrected chi connectivity index (χ3v) is 8.13. The van der Waals surface area contributed by atoms with Gasteiger partial charge >= 0.3 is 5.97 Å². The Morgan fingerprint density at radius 1 is 1.26 bits per heavy atom. The quantitative estimate of drug-likeness (QED) is 0.297. The second-order valence-corrected chi connectivity index (χ2v) is 10.8. The van der Waals surface area contributed by atoms with E-state index < -0.39 is 5.97 Å². The van der Waals surface area contributed by atoms with Gasteiger partial charge in [0.2, 0.25) is 5.91 Å². The van der Waals surface area contributed by atoms with Crippen LogP contribution in [0, 0.1) is 0 Å². The van der Waals surface area contributed by atoms with Crippen LogP contribution in [0.5, 0.6) is 0 Å². The van der Waals surface area contributed by atoms with Crippen molar-refractivity contribution < 1.29 is 19.1 Å². The maximum atomic E-state index is 12.9. The van der Waals surface area contributed by atoms with Crippen molar-refractivity contribution in [2.45, 2.75) is 49.4 Å². The molecule has 0 spiro atoms. The maximum Gasteiger partial charge on any atom is 0.341 e. The number of nitrogens with one attached hydrogen (secondary N) is 1. The molecule has 1 atom stereocenters. The Bertz CT molecular complexity index is 1220. The average molecular weight is 533 g/mol. The number of carbonyl (C=O) groups excluding carboxylic acids is 2. The van der Waals surface area contributed by atoms with Crippen LogP contribution in [-0.4, -0.2) is 52.2 Å². The lowest BCUT2D eigenvalue weighted by Gasteiger charge is -2.14. The molecule has 11 heteroatoms. The number of thioether (sulfide) groups is 1. The van der Waals surface area contributed by atoms with Crippen molar-refractivity contribution in [3.8, 4) is 11.1 Å². The predicted octanol–water partition coefficient (Wildman–Crippen LogP) is 5.23. The Morgan fingerprint density at radius 3 is 2.74 bits per heavy atom. The molecule has 1 unspecified atom stereocenters. The molecule has 3 aromatic rings. The Labute approximate surface area is 216 Å². The fourth-order valence-electron chi connectivity index (χ4n) is 4.10. The Hall–Kier alpha value is -2.40. The van der Waals surface area contributed by atoms with Crippen molar-refractivity contribution >= 4 is 51.6 Å². The van der Waals surface area contributed by atoms with Crippen LogP contribution < -0.4 is 5.32 Å². The Balaban J connectivity index is 1.29. The van der Waals surface area contributed by atoms with E-state index >= 15 is 0 Å². The molecule has 2 aromatic heterocycles. The number of aromatic nitrogens is 3. The van der Waals surface area contributed by atoms with Gasteiger partial charge in [-0.15, -0.1) is 21.5 Å². The van der Waals surface area contributed by atoms with Crippen molar-refractivity contribution in [2.24, 2.45) is 0 Å². The number of esters is 1. The van der Waals surface area contributed by atoms with Gasteiger partial charge in [-0.2, -0.15) is 0 Å². The zero-order valence-electron chi connectivity index (χ0n) is 19.2. The van der Waals surface area contributed by atoms with Gasteiger partial charge in [0.05, 0.1) is 25.5 Å². The first-order valence-corrected chi connectivity index (χ1v) is 13.7. The fraction of sp³-hybridized carbons (Fsp3) is 0.417. The van der Waals surface area contributed by atoms with Crippen LogP contribution in [0.3, 0.4) is 0 Å². The number of carbonyl (C=O) groups is 2. The molecule has 8 nitrogen and oxygen atoms in total. The molecule has 5 rings (SSSR count). The number of thiophene rings is 1. The largest absolute Gasteiger partial charge is 0.465 e. The summed E-state index contributed by atoms with van der Waals surface area (Å²) in [5.41, 5.74) is 1.83. The minimum absolute atomic E-state index is 0.142. The van der Waals surface area contributed by atoms with Crippen LogP contribution in [0.15, 0.2) is 34.8 Å². The third-order valence-electron chi connectivity index (χ3n) is 6.02. The van der Waals surface area contributed by atoms with Crippen LogP contribution >= 0.6 is 34.7 Å². The Morgan fingerprint density at radius 2 is 2.06 bits per heavy atom. The number of anilines is 1. The lowest BCUT2D eigenvalue weighted by atomic mass is 10.0. The topological polar surface area (TPSA) is 95.3 Å². The number of hydrogen-bond donors (Lipinski definition) is 1. The molecule has 1 aliphatic carbocycles. The van der Waals surface area contributed by atoms with Gasteiger partial charge < -0.3 is 19.4 Å². The van der Waals surface area contributed by atoms with Crippen LogP contribution in [-0.2, 0) is 20.8 Å². The monoisotopic (exact) mass is 532 g/mol. The summed E-state index contributed by atoms with van der Waals surface area (Å²) in [4.78, 5) is 25.4. The lowest BCUT2D eigenvalue weighted by Crippen LogP contribution is -2.19. The molecule has 2 fully saturated rings. The number of halogens is 1. The van der Waals surface area contributed by atoms with E-state index in [9.17, 15) is 9.59 Å². The van der Waals surface area contributed by atoms with E-state index in [0.29, 0.717) is 33.6 Å². The van der Waals surface area contributed by atoms with E-state index in [2.05, 4.69) is 20.1 Å². The van der Waals surface area contributed by atoms with Crippen molar-refractivity contribution in [2.75, 3.05) is 24.8 Å². The highest BCUT2D eigenvalue weighted by Gasteiger charge is 2.32. The van der Waals surface area contributed by atoms with E-state index in [0.717, 1.165) is 48.8 Å². The minimum Gasteiger partial charge on any atom is -0.465 e. The fourth-order valence-corrected chi connectivity index (χ4v) is 5.96. The first-order chi connectivity index (χ1) is 17.0. The van der Waals surface area contributed by atoms with E-state index in [1.807, 2.05) is 17.5 Å². The van der Waals surface area contributed by atoms with Crippen LogP contribution in [0.25, 0.3) is 11.1 Å². The van der Waals surface area contributed by atoms with Crippen molar-refractivity contribution in [3.63, 3.8) is 0 Å². The number of benzene rings is 1. The van der Waals surface area contributed by atoms with Crippen LogP contribution in [0.2, 0.25) is 5.02 Å². The molecule has 1 N–H and O–H groups in total. The minimum atomic E-state index is -0.510.